The monoisotopic (exact) mass is 465 g/mol. The van der Waals surface area contributed by atoms with Crippen LogP contribution in [0.3, 0.4) is 0 Å². The SMILES string of the molecule is Cc1cccc(-n2c(=S)[nH]c3cc(C(=O)NC(C)COCC(F)(F)F)ccc3c2=O)c1C. The van der Waals surface area contributed by atoms with Crippen molar-refractivity contribution in [1.82, 2.24) is 14.9 Å². The van der Waals surface area contributed by atoms with Gasteiger partial charge in [-0.3, -0.25) is 14.2 Å². The summed E-state index contributed by atoms with van der Waals surface area (Å²) in [7, 11) is 0. The number of nitrogens with one attached hydrogen (secondary N) is 2. The standard InChI is InChI=1S/C22H22F3N3O3S/c1-12-5-4-6-18(14(12)3)28-20(30)16-8-7-15(9-17(16)27-21(28)32)19(29)26-13(2)10-31-11-22(23,24)25/h4-9,13H,10-11H2,1-3H3,(H,26,29)(H,27,32). The number of aromatic nitrogens is 2. The zero-order chi connectivity index (χ0) is 23.6. The van der Waals surface area contributed by atoms with Gasteiger partial charge in [0.15, 0.2) is 4.77 Å². The highest BCUT2D eigenvalue weighted by Crippen LogP contribution is 2.19. The third kappa shape index (κ3) is 5.25. The summed E-state index contributed by atoms with van der Waals surface area (Å²) in [4.78, 5) is 28.6. The van der Waals surface area contributed by atoms with Gasteiger partial charge in [0.2, 0.25) is 0 Å². The minimum Gasteiger partial charge on any atom is -0.370 e. The van der Waals surface area contributed by atoms with Crippen LogP contribution >= 0.6 is 12.2 Å². The largest absolute Gasteiger partial charge is 0.411 e. The summed E-state index contributed by atoms with van der Waals surface area (Å²) in [5, 5.41) is 2.92. The highest BCUT2D eigenvalue weighted by atomic mass is 32.1. The van der Waals surface area contributed by atoms with E-state index >= 15 is 0 Å². The van der Waals surface area contributed by atoms with Gasteiger partial charge in [-0.2, -0.15) is 13.2 Å². The zero-order valence-corrected chi connectivity index (χ0v) is 18.5. The lowest BCUT2D eigenvalue weighted by molar-refractivity contribution is -0.174. The number of fused-ring (bicyclic) bond motifs is 1. The Morgan fingerprint density at radius 2 is 1.97 bits per heavy atom. The smallest absolute Gasteiger partial charge is 0.370 e. The van der Waals surface area contributed by atoms with E-state index in [4.69, 9.17) is 12.2 Å². The molecule has 6 nitrogen and oxygen atoms in total. The second-order valence-electron chi connectivity index (χ2n) is 7.55. The Morgan fingerprint density at radius 3 is 2.66 bits per heavy atom. The molecule has 1 heterocycles. The molecular weight excluding hydrogens is 443 g/mol. The van der Waals surface area contributed by atoms with E-state index in [2.05, 4.69) is 15.0 Å². The number of carbonyl (C=O) groups is 1. The highest BCUT2D eigenvalue weighted by molar-refractivity contribution is 7.71. The van der Waals surface area contributed by atoms with Crippen molar-refractivity contribution in [2.45, 2.75) is 33.0 Å². The van der Waals surface area contributed by atoms with Crippen LogP contribution in [0.15, 0.2) is 41.2 Å². The Labute approximate surface area is 187 Å². The van der Waals surface area contributed by atoms with Gasteiger partial charge in [-0.15, -0.1) is 0 Å². The van der Waals surface area contributed by atoms with Crippen molar-refractivity contribution >= 4 is 29.0 Å². The summed E-state index contributed by atoms with van der Waals surface area (Å²) < 4.78 is 42.7. The van der Waals surface area contributed by atoms with E-state index in [9.17, 15) is 22.8 Å². The molecule has 1 unspecified atom stereocenters. The molecule has 1 aromatic heterocycles. The predicted octanol–water partition coefficient (Wildman–Crippen LogP) is 4.36. The van der Waals surface area contributed by atoms with Crippen LogP contribution in [0.1, 0.15) is 28.4 Å². The van der Waals surface area contributed by atoms with Crippen LogP contribution in [0.25, 0.3) is 16.6 Å². The molecule has 3 rings (SSSR count). The van der Waals surface area contributed by atoms with Gasteiger partial charge < -0.3 is 15.0 Å². The third-order valence-corrected chi connectivity index (χ3v) is 5.27. The van der Waals surface area contributed by atoms with E-state index < -0.39 is 24.7 Å². The maximum absolute atomic E-state index is 13.1. The number of hydrogen-bond donors (Lipinski definition) is 2. The fourth-order valence-corrected chi connectivity index (χ4v) is 3.55. The van der Waals surface area contributed by atoms with Crippen molar-refractivity contribution in [3.05, 3.63) is 68.2 Å². The van der Waals surface area contributed by atoms with Gasteiger partial charge in [0.25, 0.3) is 11.5 Å². The average molecular weight is 465 g/mol. The van der Waals surface area contributed by atoms with Gasteiger partial charge in [0, 0.05) is 11.6 Å². The van der Waals surface area contributed by atoms with Crippen LogP contribution in [-0.2, 0) is 4.74 Å². The summed E-state index contributed by atoms with van der Waals surface area (Å²) in [6, 6.07) is 9.43. The molecule has 170 valence electrons. The first-order valence-electron chi connectivity index (χ1n) is 9.79. The molecule has 0 fully saturated rings. The number of nitrogens with zero attached hydrogens (tertiary/aromatic N) is 1. The van der Waals surface area contributed by atoms with E-state index in [0.717, 1.165) is 11.1 Å². The fraction of sp³-hybridized carbons (Fsp3) is 0.318. The van der Waals surface area contributed by atoms with Crippen molar-refractivity contribution in [1.29, 1.82) is 0 Å². The zero-order valence-electron chi connectivity index (χ0n) is 17.7. The van der Waals surface area contributed by atoms with Crippen LogP contribution in [0.4, 0.5) is 13.2 Å². The summed E-state index contributed by atoms with van der Waals surface area (Å²) in [5.41, 5.74) is 2.91. The Kier molecular flexibility index (Phi) is 6.85. The van der Waals surface area contributed by atoms with Crippen LogP contribution in [-0.4, -0.2) is 40.9 Å². The molecule has 0 saturated carbocycles. The van der Waals surface area contributed by atoms with Gasteiger partial charge in [0.05, 0.1) is 23.2 Å². The molecule has 0 bridgehead atoms. The van der Waals surface area contributed by atoms with Gasteiger partial charge >= 0.3 is 6.18 Å². The number of rotatable bonds is 6. The molecule has 32 heavy (non-hydrogen) atoms. The van der Waals surface area contributed by atoms with Crippen LogP contribution < -0.4 is 10.9 Å². The lowest BCUT2D eigenvalue weighted by Crippen LogP contribution is -2.36. The molecule has 2 N–H and O–H groups in total. The molecule has 0 aliphatic heterocycles. The summed E-state index contributed by atoms with van der Waals surface area (Å²) in [6.07, 6.45) is -4.43. The van der Waals surface area contributed by atoms with Crippen LogP contribution in [0.2, 0.25) is 0 Å². The number of alkyl halides is 3. The number of ether oxygens (including phenoxy) is 1. The summed E-state index contributed by atoms with van der Waals surface area (Å²) in [6.45, 7) is 3.71. The maximum atomic E-state index is 13.1. The minimum absolute atomic E-state index is 0.183. The van der Waals surface area contributed by atoms with Crippen molar-refractivity contribution in [3.8, 4) is 5.69 Å². The number of carbonyl (C=O) groups excluding carboxylic acids is 1. The lowest BCUT2D eigenvalue weighted by atomic mass is 10.1. The molecule has 1 amide bonds. The Hall–Kier alpha value is -2.98. The highest BCUT2D eigenvalue weighted by Gasteiger charge is 2.27. The summed E-state index contributed by atoms with van der Waals surface area (Å²) >= 11 is 5.41. The number of benzene rings is 2. The molecular formula is C22H22F3N3O3S. The molecule has 0 radical (unpaired) electrons. The fourth-order valence-electron chi connectivity index (χ4n) is 3.26. The first-order valence-corrected chi connectivity index (χ1v) is 10.2. The first-order chi connectivity index (χ1) is 15.0. The average Bonchev–Trinajstić information content (AvgIpc) is 2.69. The van der Waals surface area contributed by atoms with E-state index in [-0.39, 0.29) is 22.5 Å². The second-order valence-corrected chi connectivity index (χ2v) is 7.94. The van der Waals surface area contributed by atoms with Crippen molar-refractivity contribution in [2.24, 2.45) is 0 Å². The van der Waals surface area contributed by atoms with E-state index in [1.54, 1.807) is 0 Å². The number of halogens is 3. The molecule has 1 atom stereocenters. The Bertz CT molecular complexity index is 1280. The number of aromatic amines is 1. The number of hydrogen-bond acceptors (Lipinski definition) is 4. The van der Waals surface area contributed by atoms with Crippen molar-refractivity contribution < 1.29 is 22.7 Å². The molecule has 2 aromatic carbocycles. The quantitative estimate of drug-likeness (QED) is 0.531. The molecule has 3 aromatic rings. The molecule has 10 heteroatoms. The topological polar surface area (TPSA) is 76.1 Å². The normalized spacial score (nSPS) is 12.7. The molecule has 0 aliphatic carbocycles. The second kappa shape index (κ2) is 9.25. The molecule has 0 aliphatic rings. The Morgan fingerprint density at radius 1 is 1.25 bits per heavy atom. The van der Waals surface area contributed by atoms with Gasteiger partial charge in [-0.25, -0.2) is 0 Å². The molecule has 0 spiro atoms. The summed E-state index contributed by atoms with van der Waals surface area (Å²) in [5.74, 6) is -0.506. The first kappa shape index (κ1) is 23.7. The van der Waals surface area contributed by atoms with Crippen molar-refractivity contribution in [3.63, 3.8) is 0 Å². The lowest BCUT2D eigenvalue weighted by Gasteiger charge is -2.16. The van der Waals surface area contributed by atoms with E-state index in [0.29, 0.717) is 16.6 Å². The molecule has 0 saturated heterocycles. The number of aryl methyl sites for hydroxylation is 1. The van der Waals surface area contributed by atoms with Crippen LogP contribution in [0, 0.1) is 18.6 Å². The number of amides is 1. The van der Waals surface area contributed by atoms with E-state index in [1.165, 1.54) is 29.7 Å². The van der Waals surface area contributed by atoms with E-state index in [1.807, 2.05) is 32.0 Å². The number of H-pyrrole nitrogens is 1. The predicted molar refractivity (Wildman–Crippen MR) is 118 cm³/mol. The minimum atomic E-state index is -4.43. The maximum Gasteiger partial charge on any atom is 0.411 e. The van der Waals surface area contributed by atoms with Gasteiger partial charge in [-0.05, 0) is 68.4 Å². The Balaban J connectivity index is 1.87. The van der Waals surface area contributed by atoms with Crippen molar-refractivity contribution in [2.75, 3.05) is 13.2 Å². The van der Waals surface area contributed by atoms with Gasteiger partial charge in [0.1, 0.15) is 6.61 Å². The van der Waals surface area contributed by atoms with Crippen LogP contribution in [0.5, 0.6) is 0 Å². The third-order valence-electron chi connectivity index (χ3n) is 4.99. The van der Waals surface area contributed by atoms with Gasteiger partial charge in [-0.1, -0.05) is 12.1 Å².